The van der Waals surface area contributed by atoms with E-state index in [1.807, 2.05) is 45.0 Å². The predicted octanol–water partition coefficient (Wildman–Crippen LogP) is 3.35. The van der Waals surface area contributed by atoms with E-state index in [-0.39, 0.29) is 5.92 Å². The molecule has 0 fully saturated rings. The number of aryl methyl sites for hydroxylation is 1. The Morgan fingerprint density at radius 2 is 1.81 bits per heavy atom. The Kier molecular flexibility index (Phi) is 2.97. The van der Waals surface area contributed by atoms with Gasteiger partial charge in [0.25, 0.3) is 0 Å². The molecule has 0 saturated heterocycles. The lowest BCUT2D eigenvalue weighted by molar-refractivity contribution is 0.754. The smallest absolute Gasteiger partial charge is 0.203 e. The minimum absolute atomic E-state index is 0.282. The van der Waals surface area contributed by atoms with Crippen molar-refractivity contribution in [3.8, 4) is 5.69 Å². The van der Waals surface area contributed by atoms with E-state index in [2.05, 4.69) is 10.1 Å². The van der Waals surface area contributed by atoms with Crippen molar-refractivity contribution < 1.29 is 0 Å². The van der Waals surface area contributed by atoms with Gasteiger partial charge in [-0.25, -0.2) is 9.67 Å². The third-order valence-corrected chi connectivity index (χ3v) is 2.62. The van der Waals surface area contributed by atoms with E-state index in [0.29, 0.717) is 5.28 Å². The summed E-state index contributed by atoms with van der Waals surface area (Å²) in [6, 6.07) is 8.03. The van der Waals surface area contributed by atoms with Crippen LogP contribution >= 0.6 is 11.6 Å². The minimum atomic E-state index is 0.282. The number of rotatable bonds is 2. The molecular formula is C12H14ClN3. The molecule has 1 heterocycles. The normalized spacial score (nSPS) is 11.1. The SMILES string of the molecule is Cc1ccc(-n2nc(C(C)C)nc2Cl)cc1. The maximum atomic E-state index is 6.05. The molecule has 0 aliphatic heterocycles. The number of nitrogens with zero attached hydrogens (tertiary/aromatic N) is 3. The van der Waals surface area contributed by atoms with Crippen molar-refractivity contribution in [2.75, 3.05) is 0 Å². The van der Waals surface area contributed by atoms with Crippen LogP contribution in [-0.2, 0) is 0 Å². The van der Waals surface area contributed by atoms with Crippen LogP contribution in [0.4, 0.5) is 0 Å². The second-order valence-electron chi connectivity index (χ2n) is 4.14. The van der Waals surface area contributed by atoms with Crippen molar-refractivity contribution in [1.82, 2.24) is 14.8 Å². The fourth-order valence-corrected chi connectivity index (χ4v) is 1.62. The Morgan fingerprint density at radius 3 is 2.31 bits per heavy atom. The lowest BCUT2D eigenvalue weighted by Gasteiger charge is -2.02. The third kappa shape index (κ3) is 2.09. The van der Waals surface area contributed by atoms with E-state index in [0.717, 1.165) is 11.5 Å². The molecule has 1 aromatic heterocycles. The lowest BCUT2D eigenvalue weighted by Crippen LogP contribution is -1.98. The van der Waals surface area contributed by atoms with Crippen LogP contribution < -0.4 is 0 Å². The Labute approximate surface area is 100 Å². The summed E-state index contributed by atoms with van der Waals surface area (Å²) >= 11 is 6.05. The highest BCUT2D eigenvalue weighted by atomic mass is 35.5. The monoisotopic (exact) mass is 235 g/mol. The first-order chi connectivity index (χ1) is 7.58. The van der Waals surface area contributed by atoms with Gasteiger partial charge in [0.1, 0.15) is 0 Å². The van der Waals surface area contributed by atoms with Gasteiger partial charge in [-0.3, -0.25) is 0 Å². The van der Waals surface area contributed by atoms with Gasteiger partial charge < -0.3 is 0 Å². The Balaban J connectivity index is 2.44. The highest BCUT2D eigenvalue weighted by Crippen LogP contribution is 2.18. The fourth-order valence-electron chi connectivity index (χ4n) is 1.40. The second kappa shape index (κ2) is 4.26. The molecule has 3 nitrogen and oxygen atoms in total. The molecule has 0 saturated carbocycles. The van der Waals surface area contributed by atoms with Crippen molar-refractivity contribution in [3.63, 3.8) is 0 Å². The molecule has 0 bridgehead atoms. The summed E-state index contributed by atoms with van der Waals surface area (Å²) in [6.07, 6.45) is 0. The Morgan fingerprint density at radius 1 is 1.19 bits per heavy atom. The number of hydrogen-bond acceptors (Lipinski definition) is 2. The number of benzene rings is 1. The summed E-state index contributed by atoms with van der Waals surface area (Å²) in [5.41, 5.74) is 2.15. The topological polar surface area (TPSA) is 30.7 Å². The van der Waals surface area contributed by atoms with Gasteiger partial charge in [-0.15, -0.1) is 5.10 Å². The van der Waals surface area contributed by atoms with Crippen molar-refractivity contribution in [1.29, 1.82) is 0 Å². The molecule has 0 unspecified atom stereocenters. The van der Waals surface area contributed by atoms with Crippen molar-refractivity contribution >= 4 is 11.6 Å². The molecule has 0 aliphatic rings. The summed E-state index contributed by atoms with van der Waals surface area (Å²) in [5.74, 6) is 1.05. The quantitative estimate of drug-likeness (QED) is 0.799. The molecule has 2 aromatic rings. The van der Waals surface area contributed by atoms with Crippen LogP contribution in [0.1, 0.15) is 31.2 Å². The van der Waals surface area contributed by atoms with Crippen LogP contribution in [0.3, 0.4) is 0 Å². The average molecular weight is 236 g/mol. The first-order valence-corrected chi connectivity index (χ1v) is 5.65. The number of aromatic nitrogens is 3. The molecule has 4 heteroatoms. The molecular weight excluding hydrogens is 222 g/mol. The summed E-state index contributed by atoms with van der Waals surface area (Å²) in [6.45, 7) is 6.14. The van der Waals surface area contributed by atoms with E-state index in [1.165, 1.54) is 5.56 Å². The lowest BCUT2D eigenvalue weighted by atomic mass is 10.2. The molecule has 16 heavy (non-hydrogen) atoms. The molecule has 0 spiro atoms. The summed E-state index contributed by atoms with van der Waals surface area (Å²) in [7, 11) is 0. The van der Waals surface area contributed by atoms with E-state index in [1.54, 1.807) is 4.68 Å². The van der Waals surface area contributed by atoms with E-state index < -0.39 is 0 Å². The van der Waals surface area contributed by atoms with E-state index >= 15 is 0 Å². The summed E-state index contributed by atoms with van der Waals surface area (Å²) < 4.78 is 1.66. The standard InChI is InChI=1S/C12H14ClN3/c1-8(2)11-14-12(13)16(15-11)10-6-4-9(3)5-7-10/h4-8H,1-3H3. The molecule has 0 N–H and O–H groups in total. The number of halogens is 1. The molecule has 0 atom stereocenters. The Bertz CT molecular complexity index is 485. The highest BCUT2D eigenvalue weighted by Gasteiger charge is 2.11. The molecule has 0 aliphatic carbocycles. The molecule has 0 amide bonds. The minimum Gasteiger partial charge on any atom is -0.203 e. The Hall–Kier alpha value is -1.35. The summed E-state index contributed by atoms with van der Waals surface area (Å²) in [5, 5.41) is 4.79. The first kappa shape index (κ1) is 11.1. The largest absolute Gasteiger partial charge is 0.225 e. The van der Waals surface area contributed by atoms with Crippen LogP contribution in [0.2, 0.25) is 5.28 Å². The fraction of sp³-hybridized carbons (Fsp3) is 0.333. The van der Waals surface area contributed by atoms with E-state index in [4.69, 9.17) is 11.6 Å². The molecule has 0 radical (unpaired) electrons. The van der Waals surface area contributed by atoms with Crippen molar-refractivity contribution in [2.45, 2.75) is 26.7 Å². The predicted molar refractivity (Wildman–Crippen MR) is 65.2 cm³/mol. The van der Waals surface area contributed by atoms with Gasteiger partial charge in [0.15, 0.2) is 5.82 Å². The van der Waals surface area contributed by atoms with Crippen molar-refractivity contribution in [3.05, 3.63) is 40.9 Å². The third-order valence-electron chi connectivity index (χ3n) is 2.38. The highest BCUT2D eigenvalue weighted by molar-refractivity contribution is 6.28. The van der Waals surface area contributed by atoms with Crippen LogP contribution in [0.5, 0.6) is 0 Å². The van der Waals surface area contributed by atoms with Crippen LogP contribution in [0.25, 0.3) is 5.69 Å². The van der Waals surface area contributed by atoms with Crippen LogP contribution in [0, 0.1) is 6.92 Å². The van der Waals surface area contributed by atoms with Gasteiger partial charge in [-0.2, -0.15) is 0 Å². The maximum Gasteiger partial charge on any atom is 0.225 e. The van der Waals surface area contributed by atoms with Gasteiger partial charge >= 0.3 is 0 Å². The molecule has 84 valence electrons. The zero-order valence-corrected chi connectivity index (χ0v) is 10.4. The van der Waals surface area contributed by atoms with Gasteiger partial charge in [0.05, 0.1) is 5.69 Å². The zero-order valence-electron chi connectivity index (χ0n) is 9.61. The van der Waals surface area contributed by atoms with Crippen LogP contribution in [-0.4, -0.2) is 14.8 Å². The number of hydrogen-bond donors (Lipinski definition) is 0. The molecule has 1 aromatic carbocycles. The van der Waals surface area contributed by atoms with Gasteiger partial charge in [0.2, 0.25) is 5.28 Å². The zero-order chi connectivity index (χ0) is 11.7. The van der Waals surface area contributed by atoms with Crippen LogP contribution in [0.15, 0.2) is 24.3 Å². The molecule has 2 rings (SSSR count). The summed E-state index contributed by atoms with van der Waals surface area (Å²) in [4.78, 5) is 4.23. The van der Waals surface area contributed by atoms with Gasteiger partial charge in [0, 0.05) is 5.92 Å². The van der Waals surface area contributed by atoms with E-state index in [9.17, 15) is 0 Å². The maximum absolute atomic E-state index is 6.05. The van der Waals surface area contributed by atoms with Gasteiger partial charge in [-0.05, 0) is 30.7 Å². The van der Waals surface area contributed by atoms with Crippen molar-refractivity contribution in [2.24, 2.45) is 0 Å². The first-order valence-electron chi connectivity index (χ1n) is 5.27. The second-order valence-corrected chi connectivity index (χ2v) is 4.48. The average Bonchev–Trinajstić information content (AvgIpc) is 2.62. The van der Waals surface area contributed by atoms with Gasteiger partial charge in [-0.1, -0.05) is 31.5 Å².